The number of carbonyl (C=O) groups is 1. The maximum absolute atomic E-state index is 12.5. The molecule has 1 amide bonds. The van der Waals surface area contributed by atoms with Crippen molar-refractivity contribution in [2.75, 3.05) is 19.0 Å². The fraction of sp³-hybridized carbons (Fsp3) is 0.316. The molecular weight excluding hydrogens is 359 g/mol. The molecule has 0 aliphatic carbocycles. The van der Waals surface area contributed by atoms with Crippen molar-refractivity contribution in [1.29, 1.82) is 0 Å². The zero-order chi connectivity index (χ0) is 18.4. The van der Waals surface area contributed by atoms with E-state index in [1.807, 2.05) is 50.1 Å². The molecule has 0 radical (unpaired) electrons. The molecule has 25 heavy (non-hydrogen) atoms. The monoisotopic (exact) mass is 380 g/mol. The van der Waals surface area contributed by atoms with Crippen LogP contribution in [0.25, 0.3) is 0 Å². The van der Waals surface area contributed by atoms with Gasteiger partial charge in [-0.15, -0.1) is 0 Å². The van der Waals surface area contributed by atoms with Crippen molar-refractivity contribution >= 4 is 34.8 Å². The molecule has 1 atom stereocenters. The molecule has 2 aromatic carbocycles. The van der Waals surface area contributed by atoms with Gasteiger partial charge in [-0.3, -0.25) is 9.69 Å². The first-order chi connectivity index (χ1) is 11.9. The van der Waals surface area contributed by atoms with E-state index in [1.54, 1.807) is 18.2 Å². The van der Waals surface area contributed by atoms with E-state index in [0.717, 1.165) is 11.3 Å². The number of anilines is 1. The number of benzene rings is 2. The Morgan fingerprint density at radius 1 is 1.20 bits per heavy atom. The first-order valence-electron chi connectivity index (χ1n) is 8.08. The molecule has 2 rings (SSSR count). The number of hydrogen-bond donors (Lipinski definition) is 1. The highest BCUT2D eigenvalue weighted by atomic mass is 35.5. The number of likely N-dealkylation sites (N-methyl/N-ethyl adjacent to an activating group) is 1. The topological polar surface area (TPSA) is 41.6 Å². The van der Waals surface area contributed by atoms with Crippen molar-refractivity contribution in [3.8, 4) is 5.75 Å². The van der Waals surface area contributed by atoms with E-state index >= 15 is 0 Å². The van der Waals surface area contributed by atoms with Crippen molar-refractivity contribution in [1.82, 2.24) is 4.90 Å². The lowest BCUT2D eigenvalue weighted by molar-refractivity contribution is -0.120. The number of carbonyl (C=O) groups excluding carboxylic acids is 1. The molecule has 0 bridgehead atoms. The standard InChI is InChI=1S/C19H22Cl2N2O2/c1-4-25-16-8-5-14(6-9-16)12-23(3)13(2)19(24)22-18-10-7-15(20)11-17(18)21/h5-11,13H,4,12H2,1-3H3,(H,22,24). The molecule has 0 aromatic heterocycles. The number of nitrogens with zero attached hydrogens (tertiary/aromatic N) is 1. The van der Waals surface area contributed by atoms with Gasteiger partial charge < -0.3 is 10.1 Å². The van der Waals surface area contributed by atoms with Crippen molar-refractivity contribution in [2.24, 2.45) is 0 Å². The minimum atomic E-state index is -0.321. The fourth-order valence-electron chi connectivity index (χ4n) is 2.31. The summed E-state index contributed by atoms with van der Waals surface area (Å²) >= 11 is 12.0. The summed E-state index contributed by atoms with van der Waals surface area (Å²) in [6.45, 7) is 5.10. The normalized spacial score (nSPS) is 12.1. The highest BCUT2D eigenvalue weighted by molar-refractivity contribution is 6.36. The van der Waals surface area contributed by atoms with Crippen molar-refractivity contribution in [3.63, 3.8) is 0 Å². The first-order valence-corrected chi connectivity index (χ1v) is 8.84. The van der Waals surface area contributed by atoms with E-state index in [-0.39, 0.29) is 11.9 Å². The second-order valence-electron chi connectivity index (χ2n) is 5.78. The molecule has 0 aliphatic heterocycles. The van der Waals surface area contributed by atoms with E-state index in [4.69, 9.17) is 27.9 Å². The average molecular weight is 381 g/mol. The lowest BCUT2D eigenvalue weighted by atomic mass is 10.1. The van der Waals surface area contributed by atoms with Gasteiger partial charge in [-0.2, -0.15) is 0 Å². The van der Waals surface area contributed by atoms with Gasteiger partial charge >= 0.3 is 0 Å². The van der Waals surface area contributed by atoms with Crippen LogP contribution in [-0.2, 0) is 11.3 Å². The van der Waals surface area contributed by atoms with Gasteiger partial charge in [-0.25, -0.2) is 0 Å². The number of ether oxygens (including phenoxy) is 1. The van der Waals surface area contributed by atoms with Crippen LogP contribution in [0.4, 0.5) is 5.69 Å². The first kappa shape index (κ1) is 19.6. The molecule has 0 spiro atoms. The highest BCUT2D eigenvalue weighted by Gasteiger charge is 2.19. The van der Waals surface area contributed by atoms with Gasteiger partial charge in [0.05, 0.1) is 23.4 Å². The zero-order valence-electron chi connectivity index (χ0n) is 14.6. The van der Waals surface area contributed by atoms with Crippen molar-refractivity contribution in [2.45, 2.75) is 26.4 Å². The minimum absolute atomic E-state index is 0.127. The fourth-order valence-corrected chi connectivity index (χ4v) is 2.77. The number of amides is 1. The molecule has 0 heterocycles. The summed E-state index contributed by atoms with van der Waals surface area (Å²) in [7, 11) is 1.91. The molecule has 134 valence electrons. The van der Waals surface area contributed by atoms with Gasteiger partial charge in [0, 0.05) is 11.6 Å². The molecule has 0 fully saturated rings. The van der Waals surface area contributed by atoms with Crippen LogP contribution in [0.2, 0.25) is 10.0 Å². The third-order valence-electron chi connectivity index (χ3n) is 3.90. The van der Waals surface area contributed by atoms with Crippen molar-refractivity contribution < 1.29 is 9.53 Å². The molecule has 1 unspecified atom stereocenters. The predicted octanol–water partition coefficient (Wildman–Crippen LogP) is 4.85. The molecule has 0 saturated carbocycles. The van der Waals surface area contributed by atoms with Crippen LogP contribution < -0.4 is 10.1 Å². The summed E-state index contributed by atoms with van der Waals surface area (Å²) in [5.41, 5.74) is 1.66. The van der Waals surface area contributed by atoms with Crippen LogP contribution in [0, 0.1) is 0 Å². The minimum Gasteiger partial charge on any atom is -0.494 e. The number of hydrogen-bond acceptors (Lipinski definition) is 3. The zero-order valence-corrected chi connectivity index (χ0v) is 16.1. The molecule has 2 aromatic rings. The number of rotatable bonds is 7. The average Bonchev–Trinajstić information content (AvgIpc) is 2.58. The summed E-state index contributed by atoms with van der Waals surface area (Å²) in [6, 6.07) is 12.5. The van der Waals surface area contributed by atoms with Crippen LogP contribution in [0.3, 0.4) is 0 Å². The summed E-state index contributed by atoms with van der Waals surface area (Å²) < 4.78 is 5.44. The Kier molecular flexibility index (Phi) is 7.12. The maximum atomic E-state index is 12.5. The molecule has 4 nitrogen and oxygen atoms in total. The van der Waals surface area contributed by atoms with Gasteiger partial charge in [-0.1, -0.05) is 35.3 Å². The van der Waals surface area contributed by atoms with Gasteiger partial charge in [0.15, 0.2) is 0 Å². The van der Waals surface area contributed by atoms with Crippen molar-refractivity contribution in [3.05, 3.63) is 58.1 Å². The third kappa shape index (κ3) is 5.63. The Morgan fingerprint density at radius 3 is 2.48 bits per heavy atom. The Hall–Kier alpha value is -1.75. The Labute approximate surface area is 158 Å². The predicted molar refractivity (Wildman–Crippen MR) is 104 cm³/mol. The van der Waals surface area contributed by atoms with Gasteiger partial charge in [0.1, 0.15) is 5.75 Å². The SMILES string of the molecule is CCOc1ccc(CN(C)C(C)C(=O)Nc2ccc(Cl)cc2Cl)cc1. The van der Waals surface area contributed by atoms with Gasteiger partial charge in [0.2, 0.25) is 5.91 Å². The maximum Gasteiger partial charge on any atom is 0.241 e. The van der Waals surface area contributed by atoms with E-state index in [9.17, 15) is 4.79 Å². The molecule has 0 aliphatic rings. The highest BCUT2D eigenvalue weighted by Crippen LogP contribution is 2.25. The van der Waals surface area contributed by atoms with Crippen LogP contribution in [0.1, 0.15) is 19.4 Å². The van der Waals surface area contributed by atoms with E-state index in [2.05, 4.69) is 5.32 Å². The summed E-state index contributed by atoms with van der Waals surface area (Å²) in [5, 5.41) is 3.79. The largest absolute Gasteiger partial charge is 0.494 e. The van der Waals surface area contributed by atoms with E-state index in [0.29, 0.717) is 28.9 Å². The number of halogens is 2. The lowest BCUT2D eigenvalue weighted by Crippen LogP contribution is -2.39. The van der Waals surface area contributed by atoms with E-state index < -0.39 is 0 Å². The second-order valence-corrected chi connectivity index (χ2v) is 6.63. The lowest BCUT2D eigenvalue weighted by Gasteiger charge is -2.24. The Morgan fingerprint density at radius 2 is 1.88 bits per heavy atom. The van der Waals surface area contributed by atoms with Crippen LogP contribution in [0.15, 0.2) is 42.5 Å². The second kappa shape index (κ2) is 9.09. The van der Waals surface area contributed by atoms with Crippen LogP contribution >= 0.6 is 23.2 Å². The molecule has 1 N–H and O–H groups in total. The Bertz CT molecular complexity index is 720. The summed E-state index contributed by atoms with van der Waals surface area (Å²) in [6.07, 6.45) is 0. The Balaban J connectivity index is 1.96. The van der Waals surface area contributed by atoms with Gasteiger partial charge in [-0.05, 0) is 56.8 Å². The van der Waals surface area contributed by atoms with E-state index in [1.165, 1.54) is 0 Å². The molecular formula is C19H22Cl2N2O2. The summed E-state index contributed by atoms with van der Waals surface area (Å²) in [5.74, 6) is 0.717. The third-order valence-corrected chi connectivity index (χ3v) is 4.44. The smallest absolute Gasteiger partial charge is 0.241 e. The summed E-state index contributed by atoms with van der Waals surface area (Å²) in [4.78, 5) is 14.4. The number of nitrogens with one attached hydrogen (secondary N) is 1. The van der Waals surface area contributed by atoms with Crippen LogP contribution in [-0.4, -0.2) is 30.5 Å². The molecule has 6 heteroatoms. The van der Waals surface area contributed by atoms with Gasteiger partial charge in [0.25, 0.3) is 0 Å². The molecule has 0 saturated heterocycles. The quantitative estimate of drug-likeness (QED) is 0.746. The van der Waals surface area contributed by atoms with Crippen LogP contribution in [0.5, 0.6) is 5.75 Å².